The first-order valence-corrected chi connectivity index (χ1v) is 8.27. The van der Waals surface area contributed by atoms with Gasteiger partial charge in [0.1, 0.15) is 5.75 Å². The highest BCUT2D eigenvalue weighted by atomic mass is 16.5. The maximum atomic E-state index is 6.29. The molecule has 0 amide bonds. The van der Waals surface area contributed by atoms with Crippen molar-refractivity contribution in [3.63, 3.8) is 0 Å². The minimum atomic E-state index is -0.0887. The molecule has 0 unspecified atom stereocenters. The maximum Gasteiger partial charge on any atom is 0.177 e. The first kappa shape index (κ1) is 14.3. The third kappa shape index (κ3) is 2.49. The second-order valence-electron chi connectivity index (χ2n) is 6.23. The van der Waals surface area contributed by atoms with E-state index in [9.17, 15) is 0 Å². The predicted octanol–water partition coefficient (Wildman–Crippen LogP) is 5.28. The minimum absolute atomic E-state index is 0.0887. The molecule has 3 aromatic carbocycles. The quantitative estimate of drug-likeness (QED) is 0.695. The highest BCUT2D eigenvalue weighted by Gasteiger charge is 2.28. The molecule has 2 heteroatoms. The van der Waals surface area contributed by atoms with E-state index in [1.807, 2.05) is 0 Å². The molecule has 0 bridgehead atoms. The van der Waals surface area contributed by atoms with Gasteiger partial charge in [0.25, 0.3) is 0 Å². The standard InChI is InChI=1S/C21H21NO/c1-3-18-20-17-7-5-4-6-15(17)12-13-19(20)23-21(22-18)16-10-8-14(2)9-11-16/h4-13,18,21-22H,3H2,1-2H3/t18-,21+/m1/s1. The first-order chi connectivity index (χ1) is 11.3. The van der Waals surface area contributed by atoms with Crippen molar-refractivity contribution < 1.29 is 4.74 Å². The molecule has 4 rings (SSSR count). The fourth-order valence-corrected chi connectivity index (χ4v) is 3.39. The Kier molecular flexibility index (Phi) is 3.55. The smallest absolute Gasteiger partial charge is 0.177 e. The van der Waals surface area contributed by atoms with Crippen LogP contribution in [0.4, 0.5) is 0 Å². The van der Waals surface area contributed by atoms with E-state index < -0.39 is 0 Å². The fourth-order valence-electron chi connectivity index (χ4n) is 3.39. The summed E-state index contributed by atoms with van der Waals surface area (Å²) < 4.78 is 6.29. The van der Waals surface area contributed by atoms with Crippen molar-refractivity contribution in [1.29, 1.82) is 0 Å². The van der Waals surface area contributed by atoms with Gasteiger partial charge in [-0.05, 0) is 30.2 Å². The zero-order valence-electron chi connectivity index (χ0n) is 13.5. The number of fused-ring (bicyclic) bond motifs is 3. The van der Waals surface area contributed by atoms with Crippen LogP contribution in [0.25, 0.3) is 10.8 Å². The van der Waals surface area contributed by atoms with Crippen molar-refractivity contribution >= 4 is 10.8 Å². The largest absolute Gasteiger partial charge is 0.471 e. The van der Waals surface area contributed by atoms with Crippen LogP contribution in [0.5, 0.6) is 5.75 Å². The van der Waals surface area contributed by atoms with E-state index in [0.29, 0.717) is 6.04 Å². The molecule has 0 saturated carbocycles. The van der Waals surface area contributed by atoms with Gasteiger partial charge in [-0.3, -0.25) is 5.32 Å². The summed E-state index contributed by atoms with van der Waals surface area (Å²) in [7, 11) is 0. The molecule has 2 nitrogen and oxygen atoms in total. The van der Waals surface area contributed by atoms with E-state index >= 15 is 0 Å². The summed E-state index contributed by atoms with van der Waals surface area (Å²) in [6.45, 7) is 4.33. The van der Waals surface area contributed by atoms with E-state index in [4.69, 9.17) is 4.74 Å². The Balaban J connectivity index is 1.79. The summed E-state index contributed by atoms with van der Waals surface area (Å²) in [5.41, 5.74) is 3.73. The number of aryl methyl sites for hydroxylation is 1. The number of hydrogen-bond donors (Lipinski definition) is 1. The van der Waals surface area contributed by atoms with E-state index in [1.54, 1.807) is 0 Å². The second kappa shape index (κ2) is 5.71. The fraction of sp³-hybridized carbons (Fsp3) is 0.238. The summed E-state index contributed by atoms with van der Waals surface area (Å²) in [4.78, 5) is 0. The summed E-state index contributed by atoms with van der Waals surface area (Å²) in [6, 6.07) is 21.7. The van der Waals surface area contributed by atoms with Gasteiger partial charge in [-0.15, -0.1) is 0 Å². The molecule has 1 N–H and O–H groups in total. The van der Waals surface area contributed by atoms with Crippen LogP contribution in [0.15, 0.2) is 60.7 Å². The van der Waals surface area contributed by atoms with Crippen LogP contribution in [0.2, 0.25) is 0 Å². The maximum absolute atomic E-state index is 6.29. The van der Waals surface area contributed by atoms with Crippen molar-refractivity contribution in [1.82, 2.24) is 5.32 Å². The van der Waals surface area contributed by atoms with Crippen molar-refractivity contribution in [2.75, 3.05) is 0 Å². The lowest BCUT2D eigenvalue weighted by Gasteiger charge is -2.34. The van der Waals surface area contributed by atoms with Crippen molar-refractivity contribution in [2.24, 2.45) is 0 Å². The van der Waals surface area contributed by atoms with Gasteiger partial charge in [-0.1, -0.05) is 67.1 Å². The Hall–Kier alpha value is -2.32. The van der Waals surface area contributed by atoms with E-state index in [-0.39, 0.29) is 6.23 Å². The Morgan fingerprint density at radius 1 is 0.957 bits per heavy atom. The Morgan fingerprint density at radius 3 is 2.52 bits per heavy atom. The number of benzene rings is 3. The molecule has 1 aliphatic heterocycles. The van der Waals surface area contributed by atoms with Crippen LogP contribution in [0.1, 0.15) is 42.3 Å². The normalized spacial score (nSPS) is 20.1. The lowest BCUT2D eigenvalue weighted by molar-refractivity contribution is 0.124. The molecule has 23 heavy (non-hydrogen) atoms. The van der Waals surface area contributed by atoms with Gasteiger partial charge in [0.05, 0.1) is 0 Å². The molecule has 1 heterocycles. The first-order valence-electron chi connectivity index (χ1n) is 8.27. The Morgan fingerprint density at radius 2 is 1.74 bits per heavy atom. The predicted molar refractivity (Wildman–Crippen MR) is 94.7 cm³/mol. The van der Waals surface area contributed by atoms with E-state index in [1.165, 1.54) is 27.5 Å². The zero-order valence-corrected chi connectivity index (χ0v) is 13.5. The SMILES string of the molecule is CC[C@H]1N[C@H](c2ccc(C)cc2)Oc2ccc3ccccc3c21. The van der Waals surface area contributed by atoms with Crippen molar-refractivity contribution in [3.05, 3.63) is 77.4 Å². The van der Waals surface area contributed by atoms with Crippen LogP contribution in [0.3, 0.4) is 0 Å². The molecular weight excluding hydrogens is 282 g/mol. The van der Waals surface area contributed by atoms with Gasteiger partial charge in [0, 0.05) is 17.2 Å². The molecule has 2 atom stereocenters. The van der Waals surface area contributed by atoms with E-state index in [0.717, 1.165) is 12.2 Å². The number of hydrogen-bond acceptors (Lipinski definition) is 2. The number of rotatable bonds is 2. The van der Waals surface area contributed by atoms with Crippen LogP contribution < -0.4 is 10.1 Å². The second-order valence-corrected chi connectivity index (χ2v) is 6.23. The average molecular weight is 303 g/mol. The van der Waals surface area contributed by atoms with Gasteiger partial charge < -0.3 is 4.74 Å². The topological polar surface area (TPSA) is 21.3 Å². The summed E-state index contributed by atoms with van der Waals surface area (Å²) in [6.07, 6.45) is 0.946. The zero-order chi connectivity index (χ0) is 15.8. The minimum Gasteiger partial charge on any atom is -0.471 e. The molecule has 0 saturated heterocycles. The van der Waals surface area contributed by atoms with Gasteiger partial charge >= 0.3 is 0 Å². The molecule has 3 aromatic rings. The van der Waals surface area contributed by atoms with Gasteiger partial charge in [-0.25, -0.2) is 0 Å². The summed E-state index contributed by atoms with van der Waals surface area (Å²) >= 11 is 0. The molecular formula is C21H21NO. The Bertz CT molecular complexity index is 838. The Labute approximate surface area is 137 Å². The molecule has 0 aromatic heterocycles. The van der Waals surface area contributed by atoms with Gasteiger partial charge in [-0.2, -0.15) is 0 Å². The average Bonchev–Trinajstić information content (AvgIpc) is 2.61. The monoisotopic (exact) mass is 303 g/mol. The van der Waals surface area contributed by atoms with Gasteiger partial charge in [0.15, 0.2) is 6.23 Å². The molecule has 0 spiro atoms. The number of ether oxygens (including phenoxy) is 1. The van der Waals surface area contributed by atoms with E-state index in [2.05, 4.69) is 79.8 Å². The molecule has 0 radical (unpaired) electrons. The number of nitrogens with one attached hydrogen (secondary N) is 1. The highest BCUT2D eigenvalue weighted by molar-refractivity contribution is 5.88. The third-order valence-electron chi connectivity index (χ3n) is 4.66. The van der Waals surface area contributed by atoms with Crippen LogP contribution >= 0.6 is 0 Å². The summed E-state index contributed by atoms with van der Waals surface area (Å²) in [5, 5.41) is 6.22. The van der Waals surface area contributed by atoms with Crippen molar-refractivity contribution in [3.8, 4) is 5.75 Å². The molecule has 1 aliphatic rings. The highest BCUT2D eigenvalue weighted by Crippen LogP contribution is 2.40. The third-order valence-corrected chi connectivity index (χ3v) is 4.66. The van der Waals surface area contributed by atoms with Crippen LogP contribution in [0, 0.1) is 6.92 Å². The molecule has 116 valence electrons. The van der Waals surface area contributed by atoms with Crippen LogP contribution in [-0.2, 0) is 0 Å². The van der Waals surface area contributed by atoms with Gasteiger partial charge in [0.2, 0.25) is 0 Å². The molecule has 0 aliphatic carbocycles. The lowest BCUT2D eigenvalue weighted by Crippen LogP contribution is -2.34. The lowest BCUT2D eigenvalue weighted by atomic mass is 9.94. The summed E-state index contributed by atoms with van der Waals surface area (Å²) in [5.74, 6) is 1.000. The van der Waals surface area contributed by atoms with Crippen LogP contribution in [-0.4, -0.2) is 0 Å². The van der Waals surface area contributed by atoms with Crippen molar-refractivity contribution in [2.45, 2.75) is 32.5 Å². The molecule has 0 fully saturated rings.